The number of aromatic nitrogens is 1. The van der Waals surface area contributed by atoms with Gasteiger partial charge >= 0.3 is 6.18 Å². The van der Waals surface area contributed by atoms with Gasteiger partial charge in [0.25, 0.3) is 0 Å². The summed E-state index contributed by atoms with van der Waals surface area (Å²) in [6.45, 7) is -1.09. The van der Waals surface area contributed by atoms with Crippen molar-refractivity contribution in [2.75, 3.05) is 6.61 Å². The summed E-state index contributed by atoms with van der Waals surface area (Å²) in [5.41, 5.74) is 6.10. The molecule has 0 aliphatic heterocycles. The molecule has 1 rings (SSSR count). The van der Waals surface area contributed by atoms with Gasteiger partial charge in [-0.05, 0) is 12.1 Å². The fraction of sp³-hybridized carbons (Fsp3) is 0.500. The Balaban J connectivity index is 2.38. The first-order valence-electron chi connectivity index (χ1n) is 4.01. The second kappa shape index (κ2) is 4.47. The number of rotatable bonds is 4. The van der Waals surface area contributed by atoms with Gasteiger partial charge in [-0.15, -0.1) is 0 Å². The van der Waals surface area contributed by atoms with Gasteiger partial charge < -0.3 is 15.0 Å². The minimum atomic E-state index is -4.28. The number of nitrogens with zero attached hydrogens (tertiary/aromatic N) is 1. The fourth-order valence-electron chi connectivity index (χ4n) is 1.02. The van der Waals surface area contributed by atoms with E-state index in [4.69, 9.17) is 5.73 Å². The Hall–Kier alpha value is -1.01. The molecule has 0 bridgehead atoms. The molecule has 0 atom stereocenters. The third kappa shape index (κ3) is 3.39. The molecule has 1 aromatic rings. The molecule has 1 heterocycles. The van der Waals surface area contributed by atoms with Gasteiger partial charge in [0.05, 0.1) is 0 Å². The minimum Gasteiger partial charge on any atom is -0.351 e. The highest BCUT2D eigenvalue weighted by molar-refractivity contribution is 5.05. The molecule has 0 spiro atoms. The highest BCUT2D eigenvalue weighted by Gasteiger charge is 2.27. The first-order valence-corrected chi connectivity index (χ1v) is 4.01. The summed E-state index contributed by atoms with van der Waals surface area (Å²) in [6.07, 6.45) is -2.66. The maximum absolute atomic E-state index is 11.7. The molecule has 0 saturated carbocycles. The number of nitrogens with two attached hydrogens (primary N) is 1. The second-order valence-corrected chi connectivity index (χ2v) is 2.77. The smallest absolute Gasteiger partial charge is 0.351 e. The van der Waals surface area contributed by atoms with E-state index in [1.165, 1.54) is 4.57 Å². The zero-order valence-corrected chi connectivity index (χ0v) is 7.42. The van der Waals surface area contributed by atoms with Crippen LogP contribution in [0.5, 0.6) is 0 Å². The van der Waals surface area contributed by atoms with Gasteiger partial charge in [0, 0.05) is 18.4 Å². The van der Waals surface area contributed by atoms with E-state index in [0.29, 0.717) is 0 Å². The summed E-state index contributed by atoms with van der Waals surface area (Å²) >= 11 is 0. The Morgan fingerprint density at radius 1 is 1.43 bits per heavy atom. The van der Waals surface area contributed by atoms with E-state index in [-0.39, 0.29) is 13.3 Å². The molecule has 80 valence electrons. The Labute approximate surface area is 79.3 Å². The lowest BCUT2D eigenvalue weighted by molar-refractivity contribution is -0.181. The quantitative estimate of drug-likeness (QED) is 0.814. The van der Waals surface area contributed by atoms with Crippen molar-refractivity contribution in [3.63, 3.8) is 0 Å². The van der Waals surface area contributed by atoms with E-state index in [2.05, 4.69) is 4.74 Å². The average molecular weight is 208 g/mol. The Morgan fingerprint density at radius 2 is 2.14 bits per heavy atom. The van der Waals surface area contributed by atoms with Crippen LogP contribution in [0.3, 0.4) is 0 Å². The normalized spacial score (nSPS) is 12.0. The maximum atomic E-state index is 11.7. The van der Waals surface area contributed by atoms with E-state index in [0.717, 1.165) is 5.69 Å². The van der Waals surface area contributed by atoms with Crippen molar-refractivity contribution in [2.45, 2.75) is 19.5 Å². The first kappa shape index (κ1) is 11.1. The summed E-state index contributed by atoms with van der Waals surface area (Å²) in [4.78, 5) is 0. The van der Waals surface area contributed by atoms with Crippen LogP contribution >= 0.6 is 0 Å². The molecule has 1 aromatic heterocycles. The standard InChI is InChI=1S/C8H11F3N2O/c9-8(10,11)5-14-6-13-3-1-2-7(13)4-12/h1-3H,4-6,12H2. The lowest BCUT2D eigenvalue weighted by Crippen LogP contribution is -2.19. The van der Waals surface area contributed by atoms with Crippen molar-refractivity contribution in [3.8, 4) is 0 Å². The average Bonchev–Trinajstić information content (AvgIpc) is 2.49. The van der Waals surface area contributed by atoms with E-state index in [1.807, 2.05) is 0 Å². The SMILES string of the molecule is NCc1cccn1COCC(F)(F)F. The van der Waals surface area contributed by atoms with Crippen LogP contribution in [0.25, 0.3) is 0 Å². The minimum absolute atomic E-state index is 0.126. The molecular weight excluding hydrogens is 197 g/mol. The highest BCUT2D eigenvalue weighted by Crippen LogP contribution is 2.14. The van der Waals surface area contributed by atoms with Crippen LogP contribution in [-0.4, -0.2) is 17.4 Å². The van der Waals surface area contributed by atoms with Crippen LogP contribution in [0.1, 0.15) is 5.69 Å². The molecule has 0 unspecified atom stereocenters. The molecular formula is C8H11F3N2O. The third-order valence-corrected chi connectivity index (χ3v) is 1.63. The van der Waals surface area contributed by atoms with E-state index in [1.54, 1.807) is 18.3 Å². The van der Waals surface area contributed by atoms with Gasteiger partial charge in [-0.2, -0.15) is 13.2 Å². The number of alkyl halides is 3. The van der Waals surface area contributed by atoms with Crippen LogP contribution in [0.15, 0.2) is 18.3 Å². The predicted molar refractivity (Wildman–Crippen MR) is 44.3 cm³/mol. The van der Waals surface area contributed by atoms with Gasteiger partial charge in [0.2, 0.25) is 0 Å². The van der Waals surface area contributed by atoms with Crippen LogP contribution in [0.2, 0.25) is 0 Å². The molecule has 2 N–H and O–H groups in total. The van der Waals surface area contributed by atoms with Crippen LogP contribution in [-0.2, 0) is 18.0 Å². The molecule has 0 radical (unpaired) electrons. The molecule has 3 nitrogen and oxygen atoms in total. The number of hydrogen-bond donors (Lipinski definition) is 1. The van der Waals surface area contributed by atoms with E-state index < -0.39 is 12.8 Å². The molecule has 0 fully saturated rings. The lowest BCUT2D eigenvalue weighted by Gasteiger charge is -2.10. The molecule has 14 heavy (non-hydrogen) atoms. The molecule has 0 saturated heterocycles. The molecule has 6 heteroatoms. The van der Waals surface area contributed by atoms with Gasteiger partial charge in [-0.3, -0.25) is 0 Å². The number of hydrogen-bond acceptors (Lipinski definition) is 2. The summed E-state index contributed by atoms with van der Waals surface area (Å²) < 4.78 is 41.1. The van der Waals surface area contributed by atoms with Crippen LogP contribution in [0, 0.1) is 0 Å². The topological polar surface area (TPSA) is 40.2 Å². The van der Waals surface area contributed by atoms with Gasteiger partial charge in [-0.1, -0.05) is 0 Å². The Kier molecular flexibility index (Phi) is 3.54. The van der Waals surface area contributed by atoms with Gasteiger partial charge in [0.1, 0.15) is 13.3 Å². The van der Waals surface area contributed by atoms with Crippen molar-refractivity contribution in [2.24, 2.45) is 5.73 Å². The summed E-state index contributed by atoms with van der Waals surface area (Å²) in [5, 5.41) is 0. The molecule has 0 aliphatic carbocycles. The zero-order valence-electron chi connectivity index (χ0n) is 7.42. The van der Waals surface area contributed by atoms with Crippen molar-refractivity contribution < 1.29 is 17.9 Å². The number of halogens is 3. The Morgan fingerprint density at radius 3 is 2.71 bits per heavy atom. The summed E-state index contributed by atoms with van der Waals surface area (Å²) in [5.74, 6) is 0. The third-order valence-electron chi connectivity index (χ3n) is 1.63. The lowest BCUT2D eigenvalue weighted by atomic mass is 10.4. The van der Waals surface area contributed by atoms with Crippen molar-refractivity contribution in [3.05, 3.63) is 24.0 Å². The molecule has 0 aliphatic rings. The Bertz CT molecular complexity index is 282. The van der Waals surface area contributed by atoms with Crippen molar-refractivity contribution in [1.29, 1.82) is 0 Å². The highest BCUT2D eigenvalue weighted by atomic mass is 19.4. The predicted octanol–water partition coefficient (Wildman–Crippen LogP) is 1.48. The van der Waals surface area contributed by atoms with Crippen molar-refractivity contribution in [1.82, 2.24) is 4.57 Å². The zero-order chi connectivity index (χ0) is 10.6. The van der Waals surface area contributed by atoms with Gasteiger partial charge in [0.15, 0.2) is 0 Å². The van der Waals surface area contributed by atoms with Crippen LogP contribution in [0.4, 0.5) is 13.2 Å². The largest absolute Gasteiger partial charge is 0.411 e. The molecule has 0 aromatic carbocycles. The van der Waals surface area contributed by atoms with Gasteiger partial charge in [-0.25, -0.2) is 0 Å². The fourth-order valence-corrected chi connectivity index (χ4v) is 1.02. The number of ether oxygens (including phenoxy) is 1. The summed E-state index contributed by atoms with van der Waals surface area (Å²) in [6, 6.07) is 3.44. The molecule has 0 amide bonds. The first-order chi connectivity index (χ1) is 6.53. The summed E-state index contributed by atoms with van der Waals surface area (Å²) in [7, 11) is 0. The van der Waals surface area contributed by atoms with E-state index >= 15 is 0 Å². The van der Waals surface area contributed by atoms with Crippen molar-refractivity contribution >= 4 is 0 Å². The van der Waals surface area contributed by atoms with E-state index in [9.17, 15) is 13.2 Å². The maximum Gasteiger partial charge on any atom is 0.411 e. The monoisotopic (exact) mass is 208 g/mol. The second-order valence-electron chi connectivity index (χ2n) is 2.77. The van der Waals surface area contributed by atoms with Crippen LogP contribution < -0.4 is 5.73 Å².